The average molecular weight is 376 g/mol. The summed E-state index contributed by atoms with van der Waals surface area (Å²) in [5.41, 5.74) is -0.962. The van der Waals surface area contributed by atoms with E-state index >= 15 is 0 Å². The van der Waals surface area contributed by atoms with Gasteiger partial charge in [0.2, 0.25) is 0 Å². The summed E-state index contributed by atoms with van der Waals surface area (Å²) in [6, 6.07) is 0. The Bertz CT molecular complexity index is 702. The second-order valence-corrected chi connectivity index (χ2v) is 7.89. The van der Waals surface area contributed by atoms with Crippen LogP contribution in [0.15, 0.2) is 34.6 Å². The second kappa shape index (κ2) is 9.27. The standard InChI is InChI=1S/C22H32O5/c1-7-8-15(6)19(24)18-20(25)16(11-9-13(2)3)22(27,21(18)26)17(23)12-10-14(4)5/h9-10,15-16,26-27H,7-8,11-12H2,1-6H3/t15?,16-,22+/m0/s1. The van der Waals surface area contributed by atoms with Crippen LogP contribution >= 0.6 is 0 Å². The van der Waals surface area contributed by atoms with Gasteiger partial charge in [-0.2, -0.15) is 0 Å². The van der Waals surface area contributed by atoms with E-state index in [2.05, 4.69) is 0 Å². The number of aliphatic hydroxyl groups excluding tert-OH is 1. The first kappa shape index (κ1) is 23.0. The third-order valence-electron chi connectivity index (χ3n) is 4.96. The van der Waals surface area contributed by atoms with Crippen LogP contribution in [0.1, 0.15) is 67.2 Å². The van der Waals surface area contributed by atoms with Crippen molar-refractivity contribution >= 4 is 17.3 Å². The average Bonchev–Trinajstić information content (AvgIpc) is 2.77. The molecule has 0 aromatic heterocycles. The van der Waals surface area contributed by atoms with E-state index in [1.165, 1.54) is 0 Å². The van der Waals surface area contributed by atoms with Gasteiger partial charge in [-0.3, -0.25) is 14.4 Å². The molecule has 0 saturated carbocycles. The summed E-state index contributed by atoms with van der Waals surface area (Å²) in [6.07, 6.45) is 4.65. The van der Waals surface area contributed by atoms with Crippen LogP contribution < -0.4 is 0 Å². The van der Waals surface area contributed by atoms with Crippen molar-refractivity contribution in [2.75, 3.05) is 0 Å². The van der Waals surface area contributed by atoms with Crippen LogP contribution in [0.25, 0.3) is 0 Å². The molecule has 2 N–H and O–H groups in total. The predicted molar refractivity (Wildman–Crippen MR) is 105 cm³/mol. The number of carbonyl (C=O) groups excluding carboxylic acids is 3. The molecule has 150 valence electrons. The molecule has 1 aliphatic carbocycles. The van der Waals surface area contributed by atoms with E-state index in [4.69, 9.17) is 0 Å². The van der Waals surface area contributed by atoms with Crippen LogP contribution in [0, 0.1) is 11.8 Å². The number of aliphatic hydroxyl groups is 2. The number of hydrogen-bond acceptors (Lipinski definition) is 5. The van der Waals surface area contributed by atoms with Gasteiger partial charge in [0.05, 0.1) is 5.92 Å². The molecule has 1 rings (SSSR count). The predicted octanol–water partition coefficient (Wildman–Crippen LogP) is 4.02. The minimum Gasteiger partial charge on any atom is -0.508 e. The highest BCUT2D eigenvalue weighted by Crippen LogP contribution is 2.42. The summed E-state index contributed by atoms with van der Waals surface area (Å²) in [5, 5.41) is 21.8. The highest BCUT2D eigenvalue weighted by Gasteiger charge is 2.58. The summed E-state index contributed by atoms with van der Waals surface area (Å²) >= 11 is 0. The van der Waals surface area contributed by atoms with Crippen molar-refractivity contribution in [2.24, 2.45) is 11.8 Å². The minimum absolute atomic E-state index is 0.0846. The van der Waals surface area contributed by atoms with Gasteiger partial charge in [0.1, 0.15) is 11.3 Å². The number of rotatable bonds is 9. The first-order valence-corrected chi connectivity index (χ1v) is 9.52. The molecule has 5 heteroatoms. The largest absolute Gasteiger partial charge is 0.508 e. The lowest BCUT2D eigenvalue weighted by atomic mass is 9.81. The Morgan fingerprint density at radius 3 is 2.19 bits per heavy atom. The van der Waals surface area contributed by atoms with Gasteiger partial charge in [0.25, 0.3) is 0 Å². The van der Waals surface area contributed by atoms with E-state index in [1.807, 2.05) is 34.6 Å². The first-order chi connectivity index (χ1) is 12.5. The van der Waals surface area contributed by atoms with Crippen molar-refractivity contribution in [3.05, 3.63) is 34.6 Å². The molecular weight excluding hydrogens is 344 g/mol. The Kier molecular flexibility index (Phi) is 7.90. The molecule has 3 atom stereocenters. The van der Waals surface area contributed by atoms with Crippen molar-refractivity contribution < 1.29 is 24.6 Å². The van der Waals surface area contributed by atoms with E-state index in [0.717, 1.165) is 17.6 Å². The SMILES string of the molecule is CCCC(C)C(=O)C1=C(O)[C@](O)(C(=O)CC=C(C)C)[C@@H](CC=C(C)C)C1=O. The Morgan fingerprint density at radius 1 is 1.15 bits per heavy atom. The van der Waals surface area contributed by atoms with Gasteiger partial charge in [-0.25, -0.2) is 0 Å². The lowest BCUT2D eigenvalue weighted by Crippen LogP contribution is -2.46. The number of carbonyl (C=O) groups is 3. The molecular formula is C22H32O5. The van der Waals surface area contributed by atoms with Crippen LogP contribution in [-0.4, -0.2) is 33.2 Å². The third-order valence-corrected chi connectivity index (χ3v) is 4.96. The summed E-state index contributed by atoms with van der Waals surface area (Å²) in [7, 11) is 0. The van der Waals surface area contributed by atoms with Gasteiger partial charge in [-0.05, 0) is 40.5 Å². The lowest BCUT2D eigenvalue weighted by molar-refractivity contribution is -0.144. The Balaban J connectivity index is 3.43. The van der Waals surface area contributed by atoms with Crippen molar-refractivity contribution in [2.45, 2.75) is 72.8 Å². The van der Waals surface area contributed by atoms with Crippen molar-refractivity contribution in [3.63, 3.8) is 0 Å². The van der Waals surface area contributed by atoms with Crippen LogP contribution in [0.4, 0.5) is 0 Å². The number of ketones is 3. The van der Waals surface area contributed by atoms with Gasteiger partial charge in [0.15, 0.2) is 23.0 Å². The molecule has 27 heavy (non-hydrogen) atoms. The van der Waals surface area contributed by atoms with E-state index in [9.17, 15) is 24.6 Å². The van der Waals surface area contributed by atoms with Gasteiger partial charge in [0, 0.05) is 12.3 Å². The zero-order valence-corrected chi connectivity index (χ0v) is 17.3. The molecule has 0 spiro atoms. The molecule has 0 amide bonds. The fraction of sp³-hybridized carbons (Fsp3) is 0.591. The maximum Gasteiger partial charge on any atom is 0.191 e. The Morgan fingerprint density at radius 2 is 1.70 bits per heavy atom. The van der Waals surface area contributed by atoms with E-state index in [0.29, 0.717) is 6.42 Å². The zero-order valence-electron chi connectivity index (χ0n) is 17.3. The third kappa shape index (κ3) is 4.83. The number of hydrogen-bond donors (Lipinski definition) is 2. The number of allylic oxidation sites excluding steroid dienone is 5. The first-order valence-electron chi connectivity index (χ1n) is 9.52. The Labute approximate surface area is 161 Å². The summed E-state index contributed by atoms with van der Waals surface area (Å²) in [5.74, 6) is -4.25. The van der Waals surface area contributed by atoms with Crippen molar-refractivity contribution in [1.82, 2.24) is 0 Å². The Hall–Kier alpha value is -2.01. The second-order valence-electron chi connectivity index (χ2n) is 7.89. The maximum absolute atomic E-state index is 12.9. The molecule has 1 unspecified atom stereocenters. The monoisotopic (exact) mass is 376 g/mol. The lowest BCUT2D eigenvalue weighted by Gasteiger charge is -2.27. The molecule has 0 aromatic rings. The molecule has 1 aliphatic rings. The molecule has 0 radical (unpaired) electrons. The van der Waals surface area contributed by atoms with Gasteiger partial charge < -0.3 is 10.2 Å². The van der Waals surface area contributed by atoms with Gasteiger partial charge >= 0.3 is 0 Å². The molecule has 0 aliphatic heterocycles. The quantitative estimate of drug-likeness (QED) is 0.468. The van der Waals surface area contributed by atoms with Gasteiger partial charge in [-0.1, -0.05) is 43.6 Å². The van der Waals surface area contributed by atoms with Crippen molar-refractivity contribution in [1.29, 1.82) is 0 Å². The van der Waals surface area contributed by atoms with Crippen molar-refractivity contribution in [3.8, 4) is 0 Å². The molecule has 0 aromatic carbocycles. The number of Topliss-reactive ketones (excluding diaryl/α,β-unsaturated/α-hetero) is 3. The summed E-state index contributed by atoms with van der Waals surface area (Å²) in [4.78, 5) is 38.4. The molecule has 5 nitrogen and oxygen atoms in total. The maximum atomic E-state index is 12.9. The molecule has 0 fully saturated rings. The van der Waals surface area contributed by atoms with E-state index in [1.54, 1.807) is 19.1 Å². The fourth-order valence-electron chi connectivity index (χ4n) is 3.29. The van der Waals surface area contributed by atoms with Crippen LogP contribution in [0.2, 0.25) is 0 Å². The minimum atomic E-state index is -2.36. The van der Waals surface area contributed by atoms with Gasteiger partial charge in [-0.15, -0.1) is 0 Å². The van der Waals surface area contributed by atoms with E-state index < -0.39 is 46.1 Å². The zero-order chi connectivity index (χ0) is 20.9. The van der Waals surface area contributed by atoms with Crippen LogP contribution in [0.3, 0.4) is 0 Å². The fourth-order valence-corrected chi connectivity index (χ4v) is 3.29. The van der Waals surface area contributed by atoms with E-state index in [-0.39, 0.29) is 12.8 Å². The summed E-state index contributed by atoms with van der Waals surface area (Å²) in [6.45, 7) is 10.9. The van der Waals surface area contributed by atoms with Crippen LogP contribution in [-0.2, 0) is 14.4 Å². The molecule has 0 heterocycles. The summed E-state index contributed by atoms with van der Waals surface area (Å²) < 4.78 is 0. The normalized spacial score (nSPS) is 23.2. The smallest absolute Gasteiger partial charge is 0.191 e. The highest BCUT2D eigenvalue weighted by molar-refractivity contribution is 6.26. The van der Waals surface area contributed by atoms with Crippen LogP contribution in [0.5, 0.6) is 0 Å². The highest BCUT2D eigenvalue weighted by atomic mass is 16.3. The molecule has 0 bridgehead atoms. The topological polar surface area (TPSA) is 91.7 Å². The molecule has 0 saturated heterocycles.